The quantitative estimate of drug-likeness (QED) is 0.614. The first-order valence-electron chi connectivity index (χ1n) is 7.12. The molecule has 0 heterocycles. The summed E-state index contributed by atoms with van der Waals surface area (Å²) in [4.78, 5) is 11.5. The van der Waals surface area contributed by atoms with E-state index in [0.29, 0.717) is 19.4 Å². The zero-order chi connectivity index (χ0) is 16.6. The van der Waals surface area contributed by atoms with Crippen LogP contribution >= 0.6 is 0 Å². The van der Waals surface area contributed by atoms with Crippen molar-refractivity contribution in [2.24, 2.45) is 0 Å². The van der Waals surface area contributed by atoms with E-state index in [4.69, 9.17) is 8.92 Å². The van der Waals surface area contributed by atoms with Crippen molar-refractivity contribution in [3.8, 4) is 0 Å². The molecule has 0 aliphatic heterocycles. The molecule has 1 rings (SSSR count). The molecule has 0 saturated heterocycles. The molecule has 0 atom stereocenters. The number of carbonyl (C=O) groups is 1. The second kappa shape index (κ2) is 8.14. The van der Waals surface area contributed by atoms with E-state index in [-0.39, 0.29) is 11.5 Å². The van der Waals surface area contributed by atoms with E-state index in [2.05, 4.69) is 5.32 Å². The Bertz CT molecular complexity index is 563. The smallest absolute Gasteiger partial charge is 0.407 e. The summed E-state index contributed by atoms with van der Waals surface area (Å²) in [5.74, 6) is 0. The number of benzene rings is 1. The maximum absolute atomic E-state index is 11.8. The van der Waals surface area contributed by atoms with Crippen molar-refractivity contribution in [2.45, 2.75) is 44.1 Å². The fourth-order valence-corrected chi connectivity index (χ4v) is 2.52. The SMILES string of the molecule is CC(C)(C)OC(=O)NCCCCOS(=O)(=O)c1ccccc1. The lowest BCUT2D eigenvalue weighted by Gasteiger charge is -2.19. The van der Waals surface area contributed by atoms with Gasteiger partial charge in [0.1, 0.15) is 5.60 Å². The normalized spacial score (nSPS) is 12.0. The summed E-state index contributed by atoms with van der Waals surface area (Å²) in [5, 5.41) is 2.60. The van der Waals surface area contributed by atoms with Crippen molar-refractivity contribution in [3.05, 3.63) is 30.3 Å². The Kier molecular flexibility index (Phi) is 6.83. The number of nitrogens with one attached hydrogen (secondary N) is 1. The van der Waals surface area contributed by atoms with Crippen LogP contribution in [0.4, 0.5) is 4.79 Å². The summed E-state index contributed by atoms with van der Waals surface area (Å²) in [7, 11) is -3.70. The third-order valence-electron chi connectivity index (χ3n) is 2.51. The van der Waals surface area contributed by atoms with Crippen LogP contribution in [-0.2, 0) is 19.0 Å². The van der Waals surface area contributed by atoms with Gasteiger partial charge in [-0.3, -0.25) is 4.18 Å². The topological polar surface area (TPSA) is 81.7 Å². The van der Waals surface area contributed by atoms with Crippen LogP contribution in [0.25, 0.3) is 0 Å². The van der Waals surface area contributed by atoms with Gasteiger partial charge >= 0.3 is 6.09 Å². The van der Waals surface area contributed by atoms with Crippen molar-refractivity contribution >= 4 is 16.2 Å². The monoisotopic (exact) mass is 329 g/mol. The van der Waals surface area contributed by atoms with Gasteiger partial charge in [0.15, 0.2) is 0 Å². The third-order valence-corrected chi connectivity index (χ3v) is 3.84. The van der Waals surface area contributed by atoms with Crippen LogP contribution < -0.4 is 5.32 Å². The van der Waals surface area contributed by atoms with Crippen LogP contribution in [0.5, 0.6) is 0 Å². The molecule has 6 nitrogen and oxygen atoms in total. The number of ether oxygens (including phenoxy) is 1. The minimum absolute atomic E-state index is 0.0766. The second-order valence-electron chi connectivity index (χ2n) is 5.72. The molecular weight excluding hydrogens is 306 g/mol. The molecule has 0 spiro atoms. The standard InChI is InChI=1S/C15H23NO5S/c1-15(2,3)21-14(17)16-11-7-8-12-20-22(18,19)13-9-5-4-6-10-13/h4-6,9-10H,7-8,11-12H2,1-3H3,(H,16,17). The molecule has 7 heteroatoms. The highest BCUT2D eigenvalue weighted by atomic mass is 32.2. The van der Waals surface area contributed by atoms with E-state index in [1.165, 1.54) is 12.1 Å². The van der Waals surface area contributed by atoms with E-state index in [9.17, 15) is 13.2 Å². The van der Waals surface area contributed by atoms with Crippen LogP contribution in [-0.4, -0.2) is 33.3 Å². The van der Waals surface area contributed by atoms with Gasteiger partial charge in [-0.25, -0.2) is 4.79 Å². The minimum atomic E-state index is -3.70. The number of hydrogen-bond donors (Lipinski definition) is 1. The predicted octanol–water partition coefficient (Wildman–Crippen LogP) is 2.70. The molecule has 1 aromatic rings. The molecule has 22 heavy (non-hydrogen) atoms. The molecule has 0 unspecified atom stereocenters. The van der Waals surface area contributed by atoms with E-state index in [1.807, 2.05) is 0 Å². The molecule has 124 valence electrons. The van der Waals surface area contributed by atoms with Crippen molar-refractivity contribution in [3.63, 3.8) is 0 Å². The highest BCUT2D eigenvalue weighted by molar-refractivity contribution is 7.86. The van der Waals surface area contributed by atoms with Gasteiger partial charge in [-0.05, 0) is 45.7 Å². The molecule has 0 aliphatic carbocycles. The van der Waals surface area contributed by atoms with Crippen LogP contribution in [0, 0.1) is 0 Å². The number of rotatable bonds is 7. The molecule has 0 bridgehead atoms. The molecule has 1 amide bonds. The molecule has 0 aliphatic rings. The molecule has 1 N–H and O–H groups in total. The summed E-state index contributed by atoms with van der Waals surface area (Å²) in [5.41, 5.74) is -0.531. The maximum atomic E-state index is 11.8. The molecule has 0 radical (unpaired) electrons. The van der Waals surface area contributed by atoms with Crippen LogP contribution in [0.15, 0.2) is 35.2 Å². The zero-order valence-corrected chi connectivity index (χ0v) is 14.0. The zero-order valence-electron chi connectivity index (χ0n) is 13.2. The highest BCUT2D eigenvalue weighted by Crippen LogP contribution is 2.11. The van der Waals surface area contributed by atoms with E-state index in [1.54, 1.807) is 39.0 Å². The van der Waals surface area contributed by atoms with E-state index in [0.717, 1.165) is 0 Å². The van der Waals surface area contributed by atoms with E-state index < -0.39 is 21.8 Å². The van der Waals surface area contributed by atoms with Crippen molar-refractivity contribution in [2.75, 3.05) is 13.2 Å². The summed E-state index contributed by atoms with van der Waals surface area (Å²) in [6, 6.07) is 7.99. The molecular formula is C15H23NO5S. The number of hydrogen-bond acceptors (Lipinski definition) is 5. The largest absolute Gasteiger partial charge is 0.444 e. The Morgan fingerprint density at radius 3 is 2.36 bits per heavy atom. The second-order valence-corrected chi connectivity index (χ2v) is 7.34. The summed E-state index contributed by atoms with van der Waals surface area (Å²) < 4.78 is 33.6. The van der Waals surface area contributed by atoms with E-state index >= 15 is 0 Å². The Balaban J connectivity index is 2.20. The molecule has 1 aromatic carbocycles. The summed E-state index contributed by atoms with van der Waals surface area (Å²) >= 11 is 0. The number of carbonyl (C=O) groups excluding carboxylic acids is 1. The van der Waals surface area contributed by atoms with Gasteiger partial charge in [0, 0.05) is 6.54 Å². The van der Waals surface area contributed by atoms with Gasteiger partial charge in [-0.1, -0.05) is 18.2 Å². The first-order valence-corrected chi connectivity index (χ1v) is 8.53. The Morgan fingerprint density at radius 2 is 1.77 bits per heavy atom. The Morgan fingerprint density at radius 1 is 1.14 bits per heavy atom. The van der Waals surface area contributed by atoms with Crippen LogP contribution in [0.2, 0.25) is 0 Å². The van der Waals surface area contributed by atoms with Gasteiger partial charge in [0.2, 0.25) is 0 Å². The Hall–Kier alpha value is -1.60. The number of alkyl carbamates (subject to hydrolysis) is 1. The van der Waals surface area contributed by atoms with Gasteiger partial charge < -0.3 is 10.1 Å². The summed E-state index contributed by atoms with van der Waals surface area (Å²) in [6.07, 6.45) is 0.635. The third kappa shape index (κ3) is 7.42. The van der Waals surface area contributed by atoms with Crippen molar-refractivity contribution in [1.29, 1.82) is 0 Å². The first kappa shape index (κ1) is 18.4. The molecule has 0 fully saturated rings. The first-order chi connectivity index (χ1) is 10.2. The fraction of sp³-hybridized carbons (Fsp3) is 0.533. The van der Waals surface area contributed by atoms with Gasteiger partial charge in [-0.2, -0.15) is 8.42 Å². The highest BCUT2D eigenvalue weighted by Gasteiger charge is 2.16. The number of amides is 1. The number of unbranched alkanes of at least 4 members (excludes halogenated alkanes) is 1. The van der Waals surface area contributed by atoms with Crippen LogP contribution in [0.3, 0.4) is 0 Å². The minimum Gasteiger partial charge on any atom is -0.444 e. The Labute approximate surface area is 131 Å². The average Bonchev–Trinajstić information content (AvgIpc) is 2.41. The van der Waals surface area contributed by atoms with Crippen molar-refractivity contribution < 1.29 is 22.1 Å². The lowest BCUT2D eigenvalue weighted by molar-refractivity contribution is 0.0526. The van der Waals surface area contributed by atoms with Gasteiger partial charge in [-0.15, -0.1) is 0 Å². The molecule has 0 saturated carbocycles. The maximum Gasteiger partial charge on any atom is 0.407 e. The van der Waals surface area contributed by atoms with Crippen LogP contribution in [0.1, 0.15) is 33.6 Å². The molecule has 0 aromatic heterocycles. The fourth-order valence-electron chi connectivity index (χ4n) is 1.56. The van der Waals surface area contributed by atoms with Crippen molar-refractivity contribution in [1.82, 2.24) is 5.32 Å². The lowest BCUT2D eigenvalue weighted by atomic mass is 10.2. The van der Waals surface area contributed by atoms with Gasteiger partial charge in [0.05, 0.1) is 11.5 Å². The average molecular weight is 329 g/mol. The predicted molar refractivity (Wildman–Crippen MR) is 83.1 cm³/mol. The van der Waals surface area contributed by atoms with Gasteiger partial charge in [0.25, 0.3) is 10.1 Å². The summed E-state index contributed by atoms with van der Waals surface area (Å²) in [6.45, 7) is 5.84. The lowest BCUT2D eigenvalue weighted by Crippen LogP contribution is -2.33.